The number of hydrogen-bond acceptors (Lipinski definition) is 1. The number of hydrogen-bond donors (Lipinski definition) is 0. The second-order valence-electron chi connectivity index (χ2n) is 5.73. The minimum atomic E-state index is 0.920. The van der Waals surface area contributed by atoms with E-state index in [-0.39, 0.29) is 0 Å². The molecule has 2 heteroatoms. The van der Waals surface area contributed by atoms with E-state index in [2.05, 4.69) is 64.5 Å². The van der Waals surface area contributed by atoms with Crippen molar-refractivity contribution in [1.82, 2.24) is 4.98 Å². The molecule has 7 rings (SSSR count). The van der Waals surface area contributed by atoms with Gasteiger partial charge in [0.05, 0.1) is 5.52 Å². The summed E-state index contributed by atoms with van der Waals surface area (Å²) >= 11 is 3.51. The van der Waals surface area contributed by atoms with Crippen molar-refractivity contribution in [2.75, 3.05) is 0 Å². The molecule has 0 N–H and O–H groups in total. The number of rotatable bonds is 0. The van der Waals surface area contributed by atoms with Crippen LogP contribution in [0.2, 0.25) is 0 Å². The van der Waals surface area contributed by atoms with E-state index in [4.69, 9.17) is 4.98 Å². The lowest BCUT2D eigenvalue weighted by Gasteiger charge is -2.13. The normalized spacial score (nSPS) is 14.1. The van der Waals surface area contributed by atoms with Gasteiger partial charge in [-0.3, -0.25) is 0 Å². The molecule has 4 aliphatic rings. The van der Waals surface area contributed by atoms with Gasteiger partial charge in [-0.05, 0) is 76.0 Å². The van der Waals surface area contributed by atoms with Gasteiger partial charge in [-0.1, -0.05) is 36.4 Å². The molecule has 4 bridgehead atoms. The second-order valence-corrected chi connectivity index (χ2v) is 6.54. The maximum Gasteiger partial charge on any atom is 0.106 e. The number of aromatic nitrogens is 1. The highest BCUT2D eigenvalue weighted by Crippen LogP contribution is 2.26. The van der Waals surface area contributed by atoms with Crippen LogP contribution in [0.4, 0.5) is 0 Å². The van der Waals surface area contributed by atoms with Crippen LogP contribution < -0.4 is 0 Å². The number of aryl methyl sites for hydroxylation is 4. The lowest BCUT2D eigenvalue weighted by molar-refractivity contribution is 0.930. The summed E-state index contributed by atoms with van der Waals surface area (Å²) in [7, 11) is 0. The third kappa shape index (κ3) is 2.49. The molecule has 1 aromatic heterocycles. The highest BCUT2D eigenvalue weighted by Gasteiger charge is 2.10. The van der Waals surface area contributed by atoms with Crippen molar-refractivity contribution in [3.8, 4) is 0 Å². The molecule has 104 valence electrons. The van der Waals surface area contributed by atoms with Gasteiger partial charge in [0.15, 0.2) is 0 Å². The van der Waals surface area contributed by atoms with Crippen LogP contribution in [0.15, 0.2) is 53.1 Å². The van der Waals surface area contributed by atoms with E-state index >= 15 is 0 Å². The first kappa shape index (κ1) is 13.0. The largest absolute Gasteiger partial charge is 0.241 e. The zero-order valence-electron chi connectivity index (χ0n) is 11.8. The number of halogens is 1. The molecular formula is C19H16BrN. The lowest BCUT2D eigenvalue weighted by atomic mass is 9.93. The molecule has 0 saturated heterocycles. The quantitative estimate of drug-likeness (QED) is 0.532. The minimum Gasteiger partial charge on any atom is -0.241 e. The molecule has 0 fully saturated rings. The molecule has 0 aliphatic heterocycles. The summed E-state index contributed by atoms with van der Waals surface area (Å²) in [5.41, 5.74) is 6.74. The first-order valence-corrected chi connectivity index (χ1v) is 8.24. The van der Waals surface area contributed by atoms with Gasteiger partial charge in [0.1, 0.15) is 4.60 Å². The van der Waals surface area contributed by atoms with E-state index in [0.29, 0.717) is 0 Å². The molecule has 1 heterocycles. The van der Waals surface area contributed by atoms with Gasteiger partial charge in [-0.2, -0.15) is 0 Å². The summed E-state index contributed by atoms with van der Waals surface area (Å²) in [4.78, 5) is 4.74. The zero-order valence-corrected chi connectivity index (χ0v) is 13.4. The average molecular weight is 338 g/mol. The van der Waals surface area contributed by atoms with Crippen LogP contribution in [0.3, 0.4) is 0 Å². The highest BCUT2D eigenvalue weighted by atomic mass is 79.9. The van der Waals surface area contributed by atoms with E-state index in [1.54, 1.807) is 0 Å². The molecule has 0 radical (unpaired) electrons. The molecule has 0 saturated carbocycles. The Bertz CT molecular complexity index is 806. The molecule has 1 nitrogen and oxygen atoms in total. The fourth-order valence-electron chi connectivity index (χ4n) is 3.16. The monoisotopic (exact) mass is 337 g/mol. The van der Waals surface area contributed by atoms with E-state index in [1.165, 1.54) is 27.6 Å². The van der Waals surface area contributed by atoms with Gasteiger partial charge in [-0.25, -0.2) is 4.98 Å². The molecule has 2 aromatic carbocycles. The van der Waals surface area contributed by atoms with Crippen LogP contribution in [-0.2, 0) is 25.7 Å². The Hall–Kier alpha value is -1.67. The fraction of sp³-hybridized carbons (Fsp3) is 0.211. The highest BCUT2D eigenvalue weighted by molar-refractivity contribution is 9.10. The maximum absolute atomic E-state index is 4.74. The summed E-state index contributed by atoms with van der Waals surface area (Å²) < 4.78 is 0.920. The summed E-state index contributed by atoms with van der Waals surface area (Å²) in [6.07, 6.45) is 4.27. The van der Waals surface area contributed by atoms with Gasteiger partial charge in [0.2, 0.25) is 0 Å². The summed E-state index contributed by atoms with van der Waals surface area (Å²) in [6.45, 7) is 0. The minimum absolute atomic E-state index is 0.920. The van der Waals surface area contributed by atoms with Crippen molar-refractivity contribution < 1.29 is 0 Å². The number of nitrogens with zero attached hydrogens (tertiary/aromatic N) is 1. The lowest BCUT2D eigenvalue weighted by Crippen LogP contribution is -2.01. The van der Waals surface area contributed by atoms with Gasteiger partial charge >= 0.3 is 0 Å². The van der Waals surface area contributed by atoms with Crippen molar-refractivity contribution in [3.05, 3.63) is 75.4 Å². The Morgan fingerprint density at radius 1 is 0.667 bits per heavy atom. The van der Waals surface area contributed by atoms with Crippen molar-refractivity contribution >= 4 is 26.8 Å². The Labute approximate surface area is 133 Å². The molecule has 0 unspecified atom stereocenters. The van der Waals surface area contributed by atoms with Crippen LogP contribution in [0, 0.1) is 0 Å². The average Bonchev–Trinajstić information content (AvgIpc) is 2.50. The molecule has 0 amide bonds. The predicted molar refractivity (Wildman–Crippen MR) is 90.7 cm³/mol. The van der Waals surface area contributed by atoms with Gasteiger partial charge in [-0.15, -0.1) is 0 Å². The fourth-order valence-corrected chi connectivity index (χ4v) is 3.47. The molecule has 0 atom stereocenters. The van der Waals surface area contributed by atoms with Crippen molar-refractivity contribution in [2.45, 2.75) is 25.7 Å². The van der Waals surface area contributed by atoms with Crippen LogP contribution >= 0.6 is 15.9 Å². The van der Waals surface area contributed by atoms with Gasteiger partial charge < -0.3 is 0 Å². The van der Waals surface area contributed by atoms with Crippen LogP contribution in [0.5, 0.6) is 0 Å². The first-order valence-electron chi connectivity index (χ1n) is 7.44. The Kier molecular flexibility index (Phi) is 3.27. The van der Waals surface area contributed by atoms with Crippen LogP contribution in [-0.4, -0.2) is 4.98 Å². The summed E-state index contributed by atoms with van der Waals surface area (Å²) in [5.74, 6) is 0. The zero-order chi connectivity index (χ0) is 14.2. The van der Waals surface area contributed by atoms with Crippen LogP contribution in [0.25, 0.3) is 10.9 Å². The standard InChI is InChI=1S/C19H16BrN/c20-18-12-11-17-15-7-5-13-1-3-14(4-2-13)6-8-16(10-9-15)19(17)21-18/h1-4,9-12H,5-8H2. The molecule has 21 heavy (non-hydrogen) atoms. The van der Waals surface area contributed by atoms with Gasteiger partial charge in [0.25, 0.3) is 0 Å². The van der Waals surface area contributed by atoms with Crippen molar-refractivity contribution in [3.63, 3.8) is 0 Å². The molecular weight excluding hydrogens is 322 g/mol. The van der Waals surface area contributed by atoms with E-state index in [1.807, 2.05) is 0 Å². The third-order valence-corrected chi connectivity index (χ3v) is 4.83. The maximum atomic E-state index is 4.74. The Morgan fingerprint density at radius 2 is 1.29 bits per heavy atom. The topological polar surface area (TPSA) is 12.9 Å². The SMILES string of the molecule is Brc1ccc2c3ccc(c2n1)CCc1ccc(cc1)CC3. The predicted octanol–water partition coefficient (Wildman–Crippen LogP) is 4.88. The molecule has 0 spiro atoms. The second kappa shape index (κ2) is 5.27. The Morgan fingerprint density at radius 3 is 2.00 bits per heavy atom. The third-order valence-electron chi connectivity index (χ3n) is 4.39. The smallest absolute Gasteiger partial charge is 0.106 e. The Balaban J connectivity index is 1.91. The van der Waals surface area contributed by atoms with E-state index in [0.717, 1.165) is 35.8 Å². The summed E-state index contributed by atoms with van der Waals surface area (Å²) in [5, 5.41) is 1.31. The number of benzene rings is 2. The van der Waals surface area contributed by atoms with E-state index in [9.17, 15) is 0 Å². The van der Waals surface area contributed by atoms with E-state index < -0.39 is 0 Å². The van der Waals surface area contributed by atoms with Crippen molar-refractivity contribution in [1.29, 1.82) is 0 Å². The molecule has 4 aliphatic carbocycles. The first-order chi connectivity index (χ1) is 10.3. The summed E-state index contributed by atoms with van der Waals surface area (Å²) in [6, 6.07) is 17.9. The molecule has 3 aromatic rings. The number of pyridine rings is 1. The van der Waals surface area contributed by atoms with Crippen LogP contribution in [0.1, 0.15) is 22.3 Å². The van der Waals surface area contributed by atoms with Crippen molar-refractivity contribution in [2.24, 2.45) is 0 Å². The van der Waals surface area contributed by atoms with Gasteiger partial charge in [0, 0.05) is 5.39 Å².